The fourth-order valence-electron chi connectivity index (χ4n) is 4.41. The zero-order valence-corrected chi connectivity index (χ0v) is 14.2. The van der Waals surface area contributed by atoms with Crippen LogP contribution in [-0.4, -0.2) is 42.2 Å². The van der Waals surface area contributed by atoms with E-state index in [0.717, 1.165) is 51.1 Å². The Kier molecular flexibility index (Phi) is 4.62. The van der Waals surface area contributed by atoms with Gasteiger partial charge in [0.05, 0.1) is 12.0 Å². The summed E-state index contributed by atoms with van der Waals surface area (Å²) < 4.78 is 5.85. The fraction of sp³-hybridized carbons (Fsp3) is 0.632. The molecule has 2 aliphatic rings. The second kappa shape index (κ2) is 6.52. The third-order valence-electron chi connectivity index (χ3n) is 5.45. The number of nitrogens with zero attached hydrogens (tertiary/aromatic N) is 1. The third-order valence-corrected chi connectivity index (χ3v) is 5.45. The zero-order chi connectivity index (χ0) is 16.4. The van der Waals surface area contributed by atoms with E-state index >= 15 is 0 Å². The monoisotopic (exact) mass is 317 g/mol. The normalized spacial score (nSPS) is 27.1. The average molecular weight is 317 g/mol. The lowest BCUT2D eigenvalue weighted by molar-refractivity contribution is -0.149. The second-order valence-electron chi connectivity index (χ2n) is 7.31. The summed E-state index contributed by atoms with van der Waals surface area (Å²) >= 11 is 0. The molecule has 4 nitrogen and oxygen atoms in total. The molecule has 1 N–H and O–H groups in total. The summed E-state index contributed by atoms with van der Waals surface area (Å²) in [6.07, 6.45) is 3.93. The highest BCUT2D eigenvalue weighted by atomic mass is 16.5. The van der Waals surface area contributed by atoms with E-state index in [1.807, 2.05) is 0 Å². The second-order valence-corrected chi connectivity index (χ2v) is 7.31. The summed E-state index contributed by atoms with van der Waals surface area (Å²) in [6.45, 7) is 7.43. The molecule has 1 aliphatic heterocycles. The van der Waals surface area contributed by atoms with Gasteiger partial charge in [0.1, 0.15) is 5.75 Å². The first-order valence-corrected chi connectivity index (χ1v) is 8.66. The van der Waals surface area contributed by atoms with Gasteiger partial charge in [-0.1, -0.05) is 12.5 Å². The van der Waals surface area contributed by atoms with Gasteiger partial charge in [-0.15, -0.1) is 0 Å². The number of aliphatic carboxylic acids is 1. The maximum absolute atomic E-state index is 11.7. The molecule has 1 saturated heterocycles. The molecule has 0 amide bonds. The molecule has 0 spiro atoms. The largest absolute Gasteiger partial charge is 0.494 e. The van der Waals surface area contributed by atoms with Crippen molar-refractivity contribution in [2.45, 2.75) is 39.5 Å². The van der Waals surface area contributed by atoms with Crippen molar-refractivity contribution in [1.29, 1.82) is 0 Å². The molecule has 1 aromatic rings. The van der Waals surface area contributed by atoms with Gasteiger partial charge < -0.3 is 14.7 Å². The van der Waals surface area contributed by atoms with E-state index in [1.54, 1.807) is 0 Å². The molecule has 2 atom stereocenters. The maximum atomic E-state index is 11.7. The van der Waals surface area contributed by atoms with Crippen molar-refractivity contribution in [3.63, 3.8) is 0 Å². The Labute approximate surface area is 138 Å². The summed E-state index contributed by atoms with van der Waals surface area (Å²) in [6, 6.07) is 6.26. The number of hydrogen-bond donors (Lipinski definition) is 1. The van der Waals surface area contributed by atoms with Crippen molar-refractivity contribution < 1.29 is 14.6 Å². The number of carbonyl (C=O) groups is 1. The van der Waals surface area contributed by atoms with Crippen molar-refractivity contribution in [1.82, 2.24) is 4.90 Å². The zero-order valence-electron chi connectivity index (χ0n) is 14.2. The minimum absolute atomic E-state index is 0.348. The van der Waals surface area contributed by atoms with Crippen molar-refractivity contribution in [3.05, 3.63) is 29.3 Å². The smallest absolute Gasteiger partial charge is 0.311 e. The van der Waals surface area contributed by atoms with Gasteiger partial charge in [-0.3, -0.25) is 4.79 Å². The lowest BCUT2D eigenvalue weighted by Gasteiger charge is -2.23. The van der Waals surface area contributed by atoms with E-state index in [-0.39, 0.29) is 0 Å². The third kappa shape index (κ3) is 3.37. The summed E-state index contributed by atoms with van der Waals surface area (Å²) in [7, 11) is 0. The topological polar surface area (TPSA) is 49.8 Å². The quantitative estimate of drug-likeness (QED) is 0.818. The molecule has 1 aliphatic carbocycles. The van der Waals surface area contributed by atoms with Gasteiger partial charge in [-0.25, -0.2) is 0 Å². The van der Waals surface area contributed by atoms with Crippen LogP contribution in [0.1, 0.15) is 36.8 Å². The Morgan fingerprint density at radius 1 is 1.35 bits per heavy atom. The van der Waals surface area contributed by atoms with Crippen LogP contribution in [0.15, 0.2) is 18.2 Å². The number of likely N-dealkylation sites (tertiary alicyclic amines) is 1. The van der Waals surface area contributed by atoms with Crippen molar-refractivity contribution >= 4 is 5.97 Å². The Balaban J connectivity index is 1.46. The molecule has 3 rings (SSSR count). The van der Waals surface area contributed by atoms with Crippen LogP contribution in [0.5, 0.6) is 5.75 Å². The Bertz CT molecular complexity index is 566. The van der Waals surface area contributed by atoms with Crippen LogP contribution >= 0.6 is 0 Å². The molecule has 126 valence electrons. The number of ether oxygens (including phenoxy) is 1. The summed E-state index contributed by atoms with van der Waals surface area (Å²) in [4.78, 5) is 14.0. The Morgan fingerprint density at radius 3 is 2.74 bits per heavy atom. The molecule has 1 saturated carbocycles. The van der Waals surface area contributed by atoms with Crippen LogP contribution in [0, 0.1) is 25.2 Å². The van der Waals surface area contributed by atoms with E-state index in [9.17, 15) is 9.90 Å². The minimum atomic E-state index is -0.589. The average Bonchev–Trinajstić information content (AvgIpc) is 3.00. The highest BCUT2D eigenvalue weighted by Crippen LogP contribution is 2.48. The highest BCUT2D eigenvalue weighted by Gasteiger charge is 2.54. The van der Waals surface area contributed by atoms with Gasteiger partial charge in [-0.2, -0.15) is 0 Å². The lowest BCUT2D eigenvalue weighted by Crippen LogP contribution is -2.36. The van der Waals surface area contributed by atoms with Crippen LogP contribution in [0.2, 0.25) is 0 Å². The molecule has 0 bridgehead atoms. The lowest BCUT2D eigenvalue weighted by atomic mass is 9.81. The van der Waals surface area contributed by atoms with Gasteiger partial charge in [0.2, 0.25) is 0 Å². The van der Waals surface area contributed by atoms with Gasteiger partial charge in [0.25, 0.3) is 0 Å². The predicted octanol–water partition coefficient (Wildman–Crippen LogP) is 3.26. The van der Waals surface area contributed by atoms with Crippen LogP contribution in [0.4, 0.5) is 0 Å². The Morgan fingerprint density at radius 2 is 2.09 bits per heavy atom. The fourth-order valence-corrected chi connectivity index (χ4v) is 4.41. The van der Waals surface area contributed by atoms with E-state index in [0.29, 0.717) is 12.5 Å². The van der Waals surface area contributed by atoms with E-state index in [4.69, 9.17) is 4.74 Å². The van der Waals surface area contributed by atoms with Crippen LogP contribution in [0.25, 0.3) is 0 Å². The van der Waals surface area contributed by atoms with Crippen LogP contribution < -0.4 is 4.74 Å². The summed E-state index contributed by atoms with van der Waals surface area (Å²) in [5, 5.41) is 9.61. The van der Waals surface area contributed by atoms with Crippen molar-refractivity contribution in [3.8, 4) is 5.75 Å². The highest BCUT2D eigenvalue weighted by molar-refractivity contribution is 5.76. The molecule has 2 fully saturated rings. The first kappa shape index (κ1) is 16.3. The SMILES string of the molecule is Cc1cc(C)cc(OCCCN2C[C@@H]3CCC[C@@]3(C(=O)O)C2)c1. The van der Waals surface area contributed by atoms with Gasteiger partial charge in [0.15, 0.2) is 0 Å². The minimum Gasteiger partial charge on any atom is -0.494 e. The number of carboxylic acids is 1. The number of fused-ring (bicyclic) bond motifs is 1. The van der Waals surface area contributed by atoms with E-state index < -0.39 is 11.4 Å². The number of aryl methyl sites for hydroxylation is 2. The number of rotatable bonds is 6. The molecule has 0 unspecified atom stereocenters. The van der Waals surface area contributed by atoms with Crippen LogP contribution in [-0.2, 0) is 4.79 Å². The molecule has 1 aromatic carbocycles. The predicted molar refractivity (Wildman–Crippen MR) is 89.9 cm³/mol. The molecule has 0 aromatic heterocycles. The van der Waals surface area contributed by atoms with Crippen molar-refractivity contribution in [2.24, 2.45) is 11.3 Å². The summed E-state index contributed by atoms with van der Waals surface area (Å²) in [5.41, 5.74) is 1.97. The number of benzene rings is 1. The first-order valence-electron chi connectivity index (χ1n) is 8.66. The van der Waals surface area contributed by atoms with E-state index in [1.165, 1.54) is 11.1 Å². The molecule has 23 heavy (non-hydrogen) atoms. The van der Waals surface area contributed by atoms with Crippen molar-refractivity contribution in [2.75, 3.05) is 26.2 Å². The number of carboxylic acid groups (broad SMARTS) is 1. The first-order chi connectivity index (χ1) is 11.0. The number of hydrogen-bond acceptors (Lipinski definition) is 3. The maximum Gasteiger partial charge on any atom is 0.311 e. The van der Waals surface area contributed by atoms with Crippen LogP contribution in [0.3, 0.4) is 0 Å². The van der Waals surface area contributed by atoms with Gasteiger partial charge >= 0.3 is 5.97 Å². The van der Waals surface area contributed by atoms with Gasteiger partial charge in [0, 0.05) is 19.6 Å². The van der Waals surface area contributed by atoms with Gasteiger partial charge in [-0.05, 0) is 62.3 Å². The molecular formula is C19H27NO3. The summed E-state index contributed by atoms with van der Waals surface area (Å²) in [5.74, 6) is 0.692. The molecular weight excluding hydrogens is 290 g/mol. The Hall–Kier alpha value is -1.55. The molecule has 1 heterocycles. The standard InChI is InChI=1S/C19H27NO3/c1-14-9-15(2)11-17(10-14)23-8-4-7-20-12-16-5-3-6-19(16,13-20)18(21)22/h9-11,16H,3-8,12-13H2,1-2H3,(H,21,22)/t16-,19+/m0/s1. The molecule has 0 radical (unpaired) electrons. The van der Waals surface area contributed by atoms with E-state index in [2.05, 4.69) is 36.9 Å². The molecule has 4 heteroatoms.